The van der Waals surface area contributed by atoms with Gasteiger partial charge in [0.2, 0.25) is 0 Å². The third-order valence-corrected chi connectivity index (χ3v) is 4.69. The van der Waals surface area contributed by atoms with E-state index in [1.165, 1.54) is 5.56 Å². The van der Waals surface area contributed by atoms with Crippen molar-refractivity contribution in [2.75, 3.05) is 39.3 Å². The summed E-state index contributed by atoms with van der Waals surface area (Å²) in [7, 11) is 0. The molecule has 4 nitrogen and oxygen atoms in total. The zero-order valence-corrected chi connectivity index (χ0v) is 12.9. The van der Waals surface area contributed by atoms with Crippen molar-refractivity contribution in [1.29, 1.82) is 0 Å². The lowest BCUT2D eigenvalue weighted by molar-refractivity contribution is 0.0802. The normalized spacial score (nSPS) is 32.2. The summed E-state index contributed by atoms with van der Waals surface area (Å²) in [5, 5.41) is 13.4. The fourth-order valence-corrected chi connectivity index (χ4v) is 3.66. The van der Waals surface area contributed by atoms with Crippen LogP contribution in [0.5, 0.6) is 0 Å². The summed E-state index contributed by atoms with van der Waals surface area (Å²) < 4.78 is 0. The Hall–Kier alpha value is -0.940. The number of aliphatic hydroxyl groups excluding tert-OH is 1. The molecular formula is C17H27N3O. The molecule has 1 aromatic rings. The Bertz CT molecular complexity index is 439. The molecule has 4 heteroatoms. The Balaban J connectivity index is 1.60. The van der Waals surface area contributed by atoms with Crippen molar-refractivity contribution in [3.05, 3.63) is 35.9 Å². The van der Waals surface area contributed by atoms with Crippen molar-refractivity contribution in [1.82, 2.24) is 15.1 Å². The highest BCUT2D eigenvalue weighted by Crippen LogP contribution is 2.17. The van der Waals surface area contributed by atoms with Crippen LogP contribution in [0.25, 0.3) is 0 Å². The van der Waals surface area contributed by atoms with Gasteiger partial charge in [-0.2, -0.15) is 0 Å². The van der Waals surface area contributed by atoms with E-state index in [4.69, 9.17) is 0 Å². The number of hydrogen-bond acceptors (Lipinski definition) is 4. The van der Waals surface area contributed by atoms with E-state index in [-0.39, 0.29) is 6.10 Å². The molecule has 1 aromatic carbocycles. The van der Waals surface area contributed by atoms with Crippen LogP contribution in [-0.4, -0.2) is 66.3 Å². The van der Waals surface area contributed by atoms with Gasteiger partial charge in [0.25, 0.3) is 0 Å². The summed E-state index contributed by atoms with van der Waals surface area (Å²) >= 11 is 0. The minimum Gasteiger partial charge on any atom is -0.390 e. The summed E-state index contributed by atoms with van der Waals surface area (Å²) in [5.41, 5.74) is 1.39. The van der Waals surface area contributed by atoms with Crippen LogP contribution in [-0.2, 0) is 6.54 Å². The number of benzene rings is 1. The van der Waals surface area contributed by atoms with Crippen LogP contribution in [0.3, 0.4) is 0 Å². The quantitative estimate of drug-likeness (QED) is 0.862. The molecule has 3 rings (SSSR count). The van der Waals surface area contributed by atoms with Gasteiger partial charge in [0.1, 0.15) is 0 Å². The van der Waals surface area contributed by atoms with E-state index in [9.17, 15) is 5.11 Å². The fourth-order valence-electron chi connectivity index (χ4n) is 3.66. The highest BCUT2D eigenvalue weighted by Gasteiger charge is 2.32. The van der Waals surface area contributed by atoms with Gasteiger partial charge in [-0.3, -0.25) is 9.80 Å². The third-order valence-electron chi connectivity index (χ3n) is 4.69. The molecule has 2 aliphatic rings. The van der Waals surface area contributed by atoms with E-state index in [0.29, 0.717) is 12.0 Å². The Morgan fingerprint density at radius 1 is 1.14 bits per heavy atom. The molecule has 116 valence electrons. The first-order valence-electron chi connectivity index (χ1n) is 8.11. The molecule has 2 aliphatic heterocycles. The Labute approximate surface area is 127 Å². The molecule has 0 aliphatic carbocycles. The topological polar surface area (TPSA) is 38.7 Å². The Kier molecular flexibility index (Phi) is 4.91. The van der Waals surface area contributed by atoms with Gasteiger partial charge < -0.3 is 10.4 Å². The second-order valence-electron chi connectivity index (χ2n) is 6.61. The molecule has 0 bridgehead atoms. The van der Waals surface area contributed by atoms with Crippen LogP contribution < -0.4 is 5.32 Å². The number of nitrogens with zero attached hydrogens (tertiary/aromatic N) is 2. The van der Waals surface area contributed by atoms with Crippen molar-refractivity contribution in [2.24, 2.45) is 5.92 Å². The van der Waals surface area contributed by atoms with Crippen molar-refractivity contribution in [3.8, 4) is 0 Å². The SMILES string of the molecule is CC1CN(Cc2ccccc2)CCN([C@@H]2CNC[C@H]2O)C1. The predicted molar refractivity (Wildman–Crippen MR) is 85.1 cm³/mol. The molecule has 0 amide bonds. The molecule has 2 fully saturated rings. The van der Waals surface area contributed by atoms with Crippen molar-refractivity contribution in [3.63, 3.8) is 0 Å². The maximum atomic E-state index is 10.1. The smallest absolute Gasteiger partial charge is 0.0831 e. The van der Waals surface area contributed by atoms with Gasteiger partial charge >= 0.3 is 0 Å². The summed E-state index contributed by atoms with van der Waals surface area (Å²) in [6.45, 7) is 9.39. The van der Waals surface area contributed by atoms with Crippen LogP contribution in [0.2, 0.25) is 0 Å². The molecule has 2 N–H and O–H groups in total. The Morgan fingerprint density at radius 2 is 1.95 bits per heavy atom. The number of aliphatic hydroxyl groups is 1. The van der Waals surface area contributed by atoms with Crippen molar-refractivity contribution in [2.45, 2.75) is 25.6 Å². The maximum absolute atomic E-state index is 10.1. The molecule has 0 spiro atoms. The van der Waals surface area contributed by atoms with Gasteiger partial charge in [-0.15, -0.1) is 0 Å². The van der Waals surface area contributed by atoms with Crippen LogP contribution >= 0.6 is 0 Å². The Morgan fingerprint density at radius 3 is 2.67 bits per heavy atom. The number of β-amino-alcohol motifs (C(OH)–C–C–N with tert-alkyl or cyclic N) is 1. The average molecular weight is 289 g/mol. The first-order chi connectivity index (χ1) is 10.2. The van der Waals surface area contributed by atoms with E-state index in [1.54, 1.807) is 0 Å². The molecule has 1 unspecified atom stereocenters. The van der Waals surface area contributed by atoms with Crippen molar-refractivity contribution < 1.29 is 5.11 Å². The lowest BCUT2D eigenvalue weighted by Crippen LogP contribution is -2.45. The van der Waals surface area contributed by atoms with E-state index in [0.717, 1.165) is 45.8 Å². The number of hydrogen-bond donors (Lipinski definition) is 2. The van der Waals surface area contributed by atoms with Gasteiger partial charge in [0.05, 0.1) is 6.10 Å². The first kappa shape index (κ1) is 15.0. The summed E-state index contributed by atoms with van der Waals surface area (Å²) in [6, 6.07) is 11.0. The van der Waals surface area contributed by atoms with Gasteiger partial charge in [-0.25, -0.2) is 0 Å². The van der Waals surface area contributed by atoms with E-state index in [2.05, 4.69) is 52.4 Å². The second-order valence-corrected chi connectivity index (χ2v) is 6.61. The van der Waals surface area contributed by atoms with Gasteiger partial charge in [-0.1, -0.05) is 37.3 Å². The second kappa shape index (κ2) is 6.88. The molecule has 2 heterocycles. The summed E-state index contributed by atoms with van der Waals surface area (Å²) in [6.07, 6.45) is -0.210. The first-order valence-corrected chi connectivity index (χ1v) is 8.11. The lowest BCUT2D eigenvalue weighted by Gasteiger charge is -2.30. The van der Waals surface area contributed by atoms with E-state index in [1.807, 2.05) is 0 Å². The molecule has 0 saturated carbocycles. The molecular weight excluding hydrogens is 262 g/mol. The van der Waals surface area contributed by atoms with Crippen LogP contribution in [0.4, 0.5) is 0 Å². The molecule has 2 saturated heterocycles. The van der Waals surface area contributed by atoms with Crippen molar-refractivity contribution >= 4 is 0 Å². The standard InChI is InChI=1S/C17H27N3O/c1-14-11-19(13-15-5-3-2-4-6-15)7-8-20(12-14)16-9-18-10-17(16)21/h2-6,14,16-18,21H,7-13H2,1H3/t14?,16-,17-/m1/s1. The summed E-state index contributed by atoms with van der Waals surface area (Å²) in [4.78, 5) is 5.04. The monoisotopic (exact) mass is 289 g/mol. The molecule has 21 heavy (non-hydrogen) atoms. The average Bonchev–Trinajstić information content (AvgIpc) is 2.81. The zero-order chi connectivity index (χ0) is 14.7. The molecule has 0 radical (unpaired) electrons. The lowest BCUT2D eigenvalue weighted by atomic mass is 10.1. The van der Waals surface area contributed by atoms with E-state index >= 15 is 0 Å². The number of rotatable bonds is 3. The number of nitrogens with one attached hydrogen (secondary N) is 1. The summed E-state index contributed by atoms with van der Waals surface area (Å²) in [5.74, 6) is 0.643. The van der Waals surface area contributed by atoms with Crippen LogP contribution in [0.15, 0.2) is 30.3 Å². The predicted octanol–water partition coefficient (Wildman–Crippen LogP) is 0.773. The maximum Gasteiger partial charge on any atom is 0.0831 e. The third kappa shape index (κ3) is 3.83. The van der Waals surface area contributed by atoms with Gasteiger partial charge in [0.15, 0.2) is 0 Å². The zero-order valence-electron chi connectivity index (χ0n) is 12.9. The van der Waals surface area contributed by atoms with E-state index < -0.39 is 0 Å². The highest BCUT2D eigenvalue weighted by atomic mass is 16.3. The van der Waals surface area contributed by atoms with Crippen LogP contribution in [0.1, 0.15) is 12.5 Å². The minimum atomic E-state index is -0.210. The van der Waals surface area contributed by atoms with Gasteiger partial charge in [0, 0.05) is 51.9 Å². The fraction of sp³-hybridized carbons (Fsp3) is 0.647. The highest BCUT2D eigenvalue weighted by molar-refractivity contribution is 5.14. The molecule has 0 aromatic heterocycles. The molecule has 3 atom stereocenters. The minimum absolute atomic E-state index is 0.210. The van der Waals surface area contributed by atoms with Crippen LogP contribution in [0, 0.1) is 5.92 Å². The largest absolute Gasteiger partial charge is 0.390 e. The van der Waals surface area contributed by atoms with Gasteiger partial charge in [-0.05, 0) is 11.5 Å².